The molecule has 3 aromatic rings. The average molecular weight is 418 g/mol. The second-order valence-corrected chi connectivity index (χ2v) is 7.75. The predicted molar refractivity (Wildman–Crippen MR) is 109 cm³/mol. The van der Waals surface area contributed by atoms with Crippen LogP contribution in [0.25, 0.3) is 0 Å². The van der Waals surface area contributed by atoms with E-state index in [2.05, 4.69) is 5.32 Å². The summed E-state index contributed by atoms with van der Waals surface area (Å²) in [6.07, 6.45) is 0. The summed E-state index contributed by atoms with van der Waals surface area (Å²) in [5, 5.41) is 4.73. The number of ketones is 1. The maximum Gasteiger partial charge on any atom is 0.255 e. The maximum absolute atomic E-state index is 12.6. The number of thiophene rings is 2. The number of carbonyl (C=O) groups excluding carboxylic acids is 2. The number of amides is 1. The molecule has 6 nitrogen and oxygen atoms in total. The van der Waals surface area contributed by atoms with Crippen LogP contribution in [0.3, 0.4) is 0 Å². The quantitative estimate of drug-likeness (QED) is 0.561. The van der Waals surface area contributed by atoms with Crippen LogP contribution in [0.2, 0.25) is 0 Å². The summed E-state index contributed by atoms with van der Waals surface area (Å²) < 4.78 is 15.9. The molecule has 1 N–H and O–H groups in total. The minimum atomic E-state index is -0.308. The number of rotatable bonds is 8. The second-order valence-electron chi connectivity index (χ2n) is 5.64. The van der Waals surface area contributed by atoms with Crippen molar-refractivity contribution >= 4 is 34.4 Å². The fraction of sp³-hybridized carbons (Fsp3) is 0.200. The number of hydrogen-bond donors (Lipinski definition) is 1. The fourth-order valence-corrected chi connectivity index (χ4v) is 4.31. The zero-order valence-electron chi connectivity index (χ0n) is 15.6. The van der Waals surface area contributed by atoms with Crippen molar-refractivity contribution < 1.29 is 23.8 Å². The van der Waals surface area contributed by atoms with Crippen LogP contribution < -0.4 is 19.5 Å². The van der Waals surface area contributed by atoms with Gasteiger partial charge in [-0.25, -0.2) is 0 Å². The molecule has 0 radical (unpaired) electrons. The van der Waals surface area contributed by atoms with Crippen LogP contribution in [0.5, 0.6) is 17.2 Å². The number of methoxy groups -OCH3 is 3. The summed E-state index contributed by atoms with van der Waals surface area (Å²) in [5.74, 6) is 0.832. The molecule has 2 heterocycles. The van der Waals surface area contributed by atoms with Crippen molar-refractivity contribution in [3.05, 3.63) is 62.0 Å². The molecule has 0 fully saturated rings. The van der Waals surface area contributed by atoms with E-state index in [1.807, 2.05) is 17.5 Å². The molecule has 3 rings (SSSR count). The summed E-state index contributed by atoms with van der Waals surface area (Å²) in [4.78, 5) is 27.3. The van der Waals surface area contributed by atoms with Gasteiger partial charge in [0.05, 0.1) is 43.2 Å². The van der Waals surface area contributed by atoms with Gasteiger partial charge in [-0.05, 0) is 35.7 Å². The Hall–Kier alpha value is -2.84. The van der Waals surface area contributed by atoms with Gasteiger partial charge in [0, 0.05) is 4.88 Å². The number of benzene rings is 1. The highest BCUT2D eigenvalue weighted by Gasteiger charge is 2.21. The van der Waals surface area contributed by atoms with E-state index < -0.39 is 0 Å². The topological polar surface area (TPSA) is 73.9 Å². The highest BCUT2D eigenvalue weighted by Crippen LogP contribution is 2.39. The van der Waals surface area contributed by atoms with Gasteiger partial charge in [-0.15, -0.1) is 22.7 Å². The summed E-state index contributed by atoms with van der Waals surface area (Å²) in [7, 11) is 4.47. The molecule has 0 atom stereocenters. The molecular formula is C20H19NO5S2. The Morgan fingerprint density at radius 1 is 0.929 bits per heavy atom. The van der Waals surface area contributed by atoms with Gasteiger partial charge in [0.2, 0.25) is 11.5 Å². The summed E-state index contributed by atoms with van der Waals surface area (Å²) >= 11 is 2.78. The molecule has 0 spiro atoms. The zero-order valence-corrected chi connectivity index (χ0v) is 17.2. The number of carbonyl (C=O) groups is 2. The van der Waals surface area contributed by atoms with Crippen molar-refractivity contribution in [2.75, 3.05) is 21.3 Å². The van der Waals surface area contributed by atoms with Crippen molar-refractivity contribution in [1.29, 1.82) is 0 Å². The first-order valence-electron chi connectivity index (χ1n) is 8.33. The SMILES string of the molecule is COc1ccc(C(=O)NCc2ccc(C(=O)c3cccs3)s2)c(OC)c1OC. The van der Waals surface area contributed by atoms with Crippen LogP contribution in [0, 0.1) is 0 Å². The standard InChI is InChI=1S/C20H19NO5S2/c1-24-14-8-7-13(18(25-2)19(14)26-3)20(23)21-11-12-6-9-16(28-12)17(22)15-5-4-10-27-15/h4-10H,11H2,1-3H3,(H,21,23). The van der Waals surface area contributed by atoms with E-state index in [1.54, 1.807) is 24.3 Å². The third kappa shape index (κ3) is 4.02. The molecule has 1 aromatic carbocycles. The predicted octanol–water partition coefficient (Wildman–Crippen LogP) is 4.00. The average Bonchev–Trinajstić information content (AvgIpc) is 3.42. The lowest BCUT2D eigenvalue weighted by molar-refractivity contribution is 0.0947. The summed E-state index contributed by atoms with van der Waals surface area (Å²) in [6, 6.07) is 10.6. The molecular weight excluding hydrogens is 398 g/mol. The Morgan fingerprint density at radius 3 is 2.36 bits per heavy atom. The third-order valence-electron chi connectivity index (χ3n) is 4.00. The molecule has 28 heavy (non-hydrogen) atoms. The van der Waals surface area contributed by atoms with Gasteiger partial charge in [-0.1, -0.05) is 6.07 Å². The lowest BCUT2D eigenvalue weighted by Gasteiger charge is -2.15. The van der Waals surface area contributed by atoms with Crippen LogP contribution >= 0.6 is 22.7 Å². The van der Waals surface area contributed by atoms with E-state index in [-0.39, 0.29) is 11.7 Å². The first-order valence-corrected chi connectivity index (χ1v) is 10.0. The molecule has 0 aliphatic rings. The largest absolute Gasteiger partial charge is 0.493 e. The highest BCUT2D eigenvalue weighted by atomic mass is 32.1. The summed E-state index contributed by atoms with van der Waals surface area (Å²) in [5.41, 5.74) is 0.339. The fourth-order valence-electron chi connectivity index (χ4n) is 2.67. The summed E-state index contributed by atoms with van der Waals surface area (Å²) in [6.45, 7) is 0.304. The molecule has 0 aliphatic carbocycles. The van der Waals surface area contributed by atoms with Crippen molar-refractivity contribution in [2.24, 2.45) is 0 Å². The molecule has 0 saturated carbocycles. The Bertz CT molecular complexity index is 979. The smallest absolute Gasteiger partial charge is 0.255 e. The van der Waals surface area contributed by atoms with Crippen LogP contribution in [-0.2, 0) is 6.54 Å². The number of nitrogens with one attached hydrogen (secondary N) is 1. The molecule has 0 saturated heterocycles. The molecule has 8 heteroatoms. The Morgan fingerprint density at radius 2 is 1.71 bits per heavy atom. The van der Waals surface area contributed by atoms with E-state index in [0.717, 1.165) is 4.88 Å². The van der Waals surface area contributed by atoms with Gasteiger partial charge in [0.25, 0.3) is 5.91 Å². The van der Waals surface area contributed by atoms with E-state index in [1.165, 1.54) is 44.0 Å². The lowest BCUT2D eigenvalue weighted by Crippen LogP contribution is -2.23. The van der Waals surface area contributed by atoms with Gasteiger partial charge in [-0.2, -0.15) is 0 Å². The monoisotopic (exact) mass is 417 g/mol. The Kier molecular flexibility index (Phi) is 6.33. The normalized spacial score (nSPS) is 10.4. The number of hydrogen-bond acceptors (Lipinski definition) is 7. The lowest BCUT2D eigenvalue weighted by atomic mass is 10.1. The maximum atomic E-state index is 12.6. The third-order valence-corrected chi connectivity index (χ3v) is 5.96. The van der Waals surface area contributed by atoms with Crippen molar-refractivity contribution in [1.82, 2.24) is 5.32 Å². The second kappa shape index (κ2) is 8.90. The van der Waals surface area contributed by atoms with Crippen LogP contribution in [-0.4, -0.2) is 33.0 Å². The van der Waals surface area contributed by atoms with Crippen LogP contribution in [0.1, 0.15) is 29.8 Å². The van der Waals surface area contributed by atoms with E-state index in [0.29, 0.717) is 39.1 Å². The van der Waals surface area contributed by atoms with Gasteiger partial charge in [-0.3, -0.25) is 9.59 Å². The van der Waals surface area contributed by atoms with Crippen molar-refractivity contribution in [2.45, 2.75) is 6.54 Å². The van der Waals surface area contributed by atoms with E-state index in [9.17, 15) is 9.59 Å². The number of ether oxygens (including phenoxy) is 3. The van der Waals surface area contributed by atoms with Crippen molar-refractivity contribution in [3.8, 4) is 17.2 Å². The minimum Gasteiger partial charge on any atom is -0.493 e. The highest BCUT2D eigenvalue weighted by molar-refractivity contribution is 7.16. The molecule has 2 aromatic heterocycles. The minimum absolute atomic E-state index is 0.000800. The Labute approximate surface area is 170 Å². The van der Waals surface area contributed by atoms with Gasteiger partial charge >= 0.3 is 0 Å². The molecule has 1 amide bonds. The first-order chi connectivity index (χ1) is 13.6. The van der Waals surface area contributed by atoms with Crippen LogP contribution in [0.15, 0.2) is 41.8 Å². The zero-order chi connectivity index (χ0) is 20.1. The molecule has 0 unspecified atom stereocenters. The molecule has 0 bridgehead atoms. The molecule has 0 aliphatic heterocycles. The molecule has 146 valence electrons. The van der Waals surface area contributed by atoms with E-state index in [4.69, 9.17) is 14.2 Å². The Balaban J connectivity index is 1.72. The van der Waals surface area contributed by atoms with Gasteiger partial charge < -0.3 is 19.5 Å². The first kappa shape index (κ1) is 19.9. The van der Waals surface area contributed by atoms with Gasteiger partial charge in [0.1, 0.15) is 0 Å². The van der Waals surface area contributed by atoms with Gasteiger partial charge in [0.15, 0.2) is 11.5 Å². The van der Waals surface area contributed by atoms with Crippen LogP contribution in [0.4, 0.5) is 0 Å². The van der Waals surface area contributed by atoms with E-state index >= 15 is 0 Å². The van der Waals surface area contributed by atoms with Crippen molar-refractivity contribution in [3.63, 3.8) is 0 Å².